The molecule has 3 aromatic rings. The lowest BCUT2D eigenvalue weighted by atomic mass is 9.97. The number of methoxy groups -OCH3 is 1. The highest BCUT2D eigenvalue weighted by Crippen LogP contribution is 2.37. The van der Waals surface area contributed by atoms with Gasteiger partial charge in [0.1, 0.15) is 11.3 Å². The van der Waals surface area contributed by atoms with E-state index in [1.807, 2.05) is 58.0 Å². The highest BCUT2D eigenvalue weighted by molar-refractivity contribution is 5.70. The van der Waals surface area contributed by atoms with Crippen molar-refractivity contribution in [3.63, 3.8) is 0 Å². The summed E-state index contributed by atoms with van der Waals surface area (Å²) in [5.74, 6) is 0.466. The molecule has 1 aliphatic heterocycles. The van der Waals surface area contributed by atoms with E-state index in [-0.39, 0.29) is 18.8 Å². The molecule has 0 atom stereocenters. The van der Waals surface area contributed by atoms with Gasteiger partial charge >= 0.3 is 11.9 Å². The summed E-state index contributed by atoms with van der Waals surface area (Å²) in [6.45, 7) is 8.56. The van der Waals surface area contributed by atoms with Crippen LogP contribution in [0, 0.1) is 20.8 Å². The first kappa shape index (κ1) is 29.6. The maximum atomic E-state index is 13.9. The molecule has 0 saturated heterocycles. The molecule has 9 nitrogen and oxygen atoms in total. The molecule has 5 N–H and O–H groups in total. The molecule has 4 rings (SSSR count). The third-order valence-electron chi connectivity index (χ3n) is 6.97. The van der Waals surface area contributed by atoms with E-state index in [9.17, 15) is 18.0 Å². The van der Waals surface area contributed by atoms with Crippen LogP contribution in [0.15, 0.2) is 51.6 Å². The van der Waals surface area contributed by atoms with Crippen molar-refractivity contribution in [2.75, 3.05) is 20.3 Å². The van der Waals surface area contributed by atoms with Crippen LogP contribution >= 0.6 is 0 Å². The number of ether oxygens (including phenoxy) is 2. The number of aromatic nitrogens is 2. The molecule has 41 heavy (non-hydrogen) atoms. The van der Waals surface area contributed by atoms with Crippen LogP contribution < -0.4 is 37.4 Å². The Bertz CT molecular complexity index is 1610. The highest BCUT2D eigenvalue weighted by atomic mass is 19.4. The second-order valence-corrected chi connectivity index (χ2v) is 9.93. The first-order valence-corrected chi connectivity index (χ1v) is 13.2. The van der Waals surface area contributed by atoms with Gasteiger partial charge < -0.3 is 26.3 Å². The van der Waals surface area contributed by atoms with Crippen molar-refractivity contribution in [1.82, 2.24) is 14.5 Å². The second kappa shape index (κ2) is 11.6. The van der Waals surface area contributed by atoms with Crippen molar-refractivity contribution in [3.8, 4) is 22.8 Å². The predicted molar refractivity (Wildman–Crippen MR) is 151 cm³/mol. The van der Waals surface area contributed by atoms with Crippen molar-refractivity contribution in [2.45, 2.75) is 53.4 Å². The summed E-state index contributed by atoms with van der Waals surface area (Å²) < 4.78 is 53.3. The average molecular weight is 573 g/mol. The molecule has 1 aliphatic rings. The molecular formula is C29H35F3N6O3. The van der Waals surface area contributed by atoms with Gasteiger partial charge in [0, 0.05) is 31.3 Å². The third kappa shape index (κ3) is 6.06. The molecular weight excluding hydrogens is 537 g/mol. The number of fused-ring (bicyclic) bond motifs is 3. The molecule has 0 aliphatic carbocycles. The van der Waals surface area contributed by atoms with E-state index < -0.39 is 17.7 Å². The van der Waals surface area contributed by atoms with Gasteiger partial charge in [0.25, 0.3) is 0 Å². The van der Waals surface area contributed by atoms with E-state index in [0.29, 0.717) is 47.9 Å². The Kier molecular flexibility index (Phi) is 8.41. The van der Waals surface area contributed by atoms with Crippen molar-refractivity contribution in [3.05, 3.63) is 80.1 Å². The van der Waals surface area contributed by atoms with Crippen LogP contribution in [-0.4, -0.2) is 35.6 Å². The van der Waals surface area contributed by atoms with Gasteiger partial charge in [-0.05, 0) is 62.9 Å². The van der Waals surface area contributed by atoms with Gasteiger partial charge in [0.15, 0.2) is 17.2 Å². The predicted octanol–water partition coefficient (Wildman–Crippen LogP) is 3.68. The minimum absolute atomic E-state index is 0.00675. The first-order valence-electron chi connectivity index (χ1n) is 13.2. The molecule has 12 heteroatoms. The number of nitrogens with one attached hydrogen (secondary N) is 1. The summed E-state index contributed by atoms with van der Waals surface area (Å²) in [7, 11) is 1.56. The van der Waals surface area contributed by atoms with Crippen LogP contribution in [-0.2, 0) is 19.5 Å². The molecule has 2 aromatic carbocycles. The summed E-state index contributed by atoms with van der Waals surface area (Å²) in [6.07, 6.45) is -4.19. The lowest BCUT2D eigenvalue weighted by Crippen LogP contribution is -2.44. The van der Waals surface area contributed by atoms with Crippen molar-refractivity contribution in [1.29, 1.82) is 0 Å². The van der Waals surface area contributed by atoms with Gasteiger partial charge in [-0.15, -0.1) is 0 Å². The molecule has 0 unspecified atom stereocenters. The van der Waals surface area contributed by atoms with Gasteiger partial charge in [-0.3, -0.25) is 9.13 Å². The molecule has 0 fully saturated rings. The van der Waals surface area contributed by atoms with Crippen LogP contribution in [0.1, 0.15) is 29.2 Å². The molecule has 0 amide bonds. The van der Waals surface area contributed by atoms with Crippen molar-refractivity contribution < 1.29 is 22.6 Å². The van der Waals surface area contributed by atoms with E-state index in [2.05, 4.69) is 5.32 Å². The number of nitrogens with zero attached hydrogens (tertiary/aromatic N) is 3. The quantitative estimate of drug-likeness (QED) is 0.379. The van der Waals surface area contributed by atoms with Gasteiger partial charge in [-0.1, -0.05) is 17.7 Å². The molecule has 2 heterocycles. The summed E-state index contributed by atoms with van der Waals surface area (Å²) >= 11 is 0. The smallest absolute Gasteiger partial charge is 0.434 e. The fourth-order valence-electron chi connectivity index (χ4n) is 5.09. The largest absolute Gasteiger partial charge is 0.493 e. The molecule has 0 spiro atoms. The summed E-state index contributed by atoms with van der Waals surface area (Å²) in [4.78, 5) is 18.8. The zero-order valence-electron chi connectivity index (χ0n) is 23.8. The van der Waals surface area contributed by atoms with E-state index >= 15 is 0 Å². The number of hydrogen-bond donors (Lipinski definition) is 3. The van der Waals surface area contributed by atoms with Gasteiger partial charge in [-0.25, -0.2) is 9.79 Å². The molecule has 1 aromatic heterocycles. The molecule has 0 radical (unpaired) electrons. The number of hydrogen-bond acceptors (Lipinski definition) is 7. The standard InChI is InChI=1S/C29H35F3N6O3/c1-6-41-23-13-19-7-9-37-21(20(19)14-22(23)40-5)15-24(36-25-17(3)11-16(2)12-18(25)4)38(28(37)39)10-8-35-27(34)26(33)29(30,31)32/h11-15,35H,6-10,33-34H2,1-5H3/b27-26+,36-24+. The SMILES string of the molecule is CCOc1cc2c(cc1OC)-c1c/c(=N\c3c(C)cc(C)cc3C)n(CCN/C(N)=C(/N)C(F)(F)F)c(=O)n1CC2. The lowest BCUT2D eigenvalue weighted by Gasteiger charge is -2.25. The van der Waals surface area contributed by atoms with Crippen LogP contribution in [0.3, 0.4) is 0 Å². The van der Waals surface area contributed by atoms with E-state index in [0.717, 1.165) is 27.8 Å². The summed E-state index contributed by atoms with van der Waals surface area (Å²) in [5, 5.41) is 2.49. The Morgan fingerprint density at radius 2 is 1.76 bits per heavy atom. The summed E-state index contributed by atoms with van der Waals surface area (Å²) in [5.41, 5.74) is 15.4. The maximum absolute atomic E-state index is 13.9. The Balaban J connectivity index is 1.89. The topological polar surface area (TPSA) is 122 Å². The number of benzene rings is 2. The minimum atomic E-state index is -4.77. The zero-order chi connectivity index (χ0) is 30.1. The Morgan fingerprint density at radius 3 is 2.37 bits per heavy atom. The number of allylic oxidation sites excluding steroid dienone is 1. The number of halogens is 3. The Morgan fingerprint density at radius 1 is 1.07 bits per heavy atom. The monoisotopic (exact) mass is 572 g/mol. The van der Waals surface area contributed by atoms with Crippen LogP contribution in [0.5, 0.6) is 11.5 Å². The molecule has 220 valence electrons. The normalized spacial score (nSPS) is 13.8. The van der Waals surface area contributed by atoms with Gasteiger partial charge in [0.05, 0.1) is 25.1 Å². The molecule has 0 bridgehead atoms. The summed E-state index contributed by atoms with van der Waals surface area (Å²) in [6, 6.07) is 9.62. The minimum Gasteiger partial charge on any atom is -0.493 e. The van der Waals surface area contributed by atoms with Crippen LogP contribution in [0.4, 0.5) is 18.9 Å². The van der Waals surface area contributed by atoms with Crippen LogP contribution in [0.2, 0.25) is 0 Å². The van der Waals surface area contributed by atoms with Crippen molar-refractivity contribution >= 4 is 5.69 Å². The van der Waals surface area contributed by atoms with Crippen molar-refractivity contribution in [2.24, 2.45) is 16.5 Å². The lowest BCUT2D eigenvalue weighted by molar-refractivity contribution is -0.0939. The Labute approximate surface area is 235 Å². The second-order valence-electron chi connectivity index (χ2n) is 9.93. The highest BCUT2D eigenvalue weighted by Gasteiger charge is 2.34. The average Bonchev–Trinajstić information content (AvgIpc) is 2.90. The van der Waals surface area contributed by atoms with E-state index in [4.69, 9.17) is 25.9 Å². The van der Waals surface area contributed by atoms with E-state index in [1.165, 1.54) is 4.57 Å². The number of nitrogens with two attached hydrogens (primary N) is 2. The number of rotatable bonds is 8. The van der Waals surface area contributed by atoms with E-state index in [1.54, 1.807) is 11.7 Å². The van der Waals surface area contributed by atoms with Crippen LogP contribution in [0.25, 0.3) is 11.3 Å². The van der Waals surface area contributed by atoms with Gasteiger partial charge in [0.2, 0.25) is 0 Å². The zero-order valence-corrected chi connectivity index (χ0v) is 23.8. The van der Waals surface area contributed by atoms with Gasteiger partial charge in [-0.2, -0.15) is 13.2 Å². The third-order valence-corrected chi connectivity index (χ3v) is 6.97. The fraction of sp³-hybridized carbons (Fsp3) is 0.379. The number of alkyl halides is 3. The Hall–Kier alpha value is -4.35. The first-order chi connectivity index (χ1) is 19.3. The molecule has 0 saturated carbocycles. The number of aryl methyl sites for hydroxylation is 4. The fourth-order valence-corrected chi connectivity index (χ4v) is 5.09. The maximum Gasteiger partial charge on any atom is 0.434 e.